The van der Waals surface area contributed by atoms with E-state index in [9.17, 15) is 4.39 Å². The first-order valence-corrected chi connectivity index (χ1v) is 4.11. The van der Waals surface area contributed by atoms with Gasteiger partial charge in [-0.3, -0.25) is 4.98 Å². The quantitative estimate of drug-likeness (QED) is 0.638. The molecule has 0 atom stereocenters. The maximum atomic E-state index is 12.5. The highest BCUT2D eigenvalue weighted by molar-refractivity contribution is 5.86. The third kappa shape index (κ3) is 1.06. The first-order chi connectivity index (χ1) is 6.77. The van der Waals surface area contributed by atoms with Crippen molar-refractivity contribution in [2.75, 3.05) is 0 Å². The first-order valence-electron chi connectivity index (χ1n) is 4.11. The minimum absolute atomic E-state index is 0.470. The number of aryl methyl sites for hydroxylation is 1. The molecule has 0 N–H and O–H groups in total. The van der Waals surface area contributed by atoms with Gasteiger partial charge in [0.25, 0.3) is 0 Å². The molecule has 0 aromatic carbocycles. The summed E-state index contributed by atoms with van der Waals surface area (Å²) in [5, 5.41) is 4.76. The molecule has 70 valence electrons. The van der Waals surface area contributed by atoms with Gasteiger partial charge in [-0.05, 0) is 18.4 Å². The number of nitrogens with zero attached hydrogens (tertiary/aromatic N) is 3. The van der Waals surface area contributed by atoms with Gasteiger partial charge in [-0.1, -0.05) is 0 Å². The second kappa shape index (κ2) is 3.11. The van der Waals surface area contributed by atoms with Gasteiger partial charge in [0.2, 0.25) is 0 Å². The van der Waals surface area contributed by atoms with Crippen molar-refractivity contribution in [1.29, 1.82) is 0 Å². The van der Waals surface area contributed by atoms with Gasteiger partial charge < -0.3 is 0 Å². The van der Waals surface area contributed by atoms with Crippen molar-refractivity contribution in [3.05, 3.63) is 23.7 Å². The molecule has 0 radical (unpaired) electrons. The molecule has 14 heavy (non-hydrogen) atoms. The minimum atomic E-state index is -0.691. The van der Waals surface area contributed by atoms with Gasteiger partial charge in [0, 0.05) is 11.6 Å². The van der Waals surface area contributed by atoms with Gasteiger partial charge in [0.1, 0.15) is 5.69 Å². The number of rotatable bonds is 1. The molecule has 0 aliphatic carbocycles. The fraction of sp³-hybridized carbons (Fsp3) is 0.200. The topological polar surface area (TPSA) is 30.7 Å². The summed E-state index contributed by atoms with van der Waals surface area (Å²) in [5.41, 5.74) is 2.02. The molecule has 0 aliphatic rings. The maximum Gasteiger partial charge on any atom is 0.182 e. The van der Waals surface area contributed by atoms with Crippen LogP contribution in [0.5, 0.6) is 0 Å². The van der Waals surface area contributed by atoms with Gasteiger partial charge >= 0.3 is 0 Å². The molecule has 0 saturated heterocycles. The fourth-order valence-corrected chi connectivity index (χ4v) is 1.47. The van der Waals surface area contributed by atoms with E-state index in [1.54, 1.807) is 12.4 Å². The van der Waals surface area contributed by atoms with Gasteiger partial charge in [-0.15, -0.1) is 6.42 Å². The molecular weight excluding hydrogens is 181 g/mol. The number of halogens is 1. The summed E-state index contributed by atoms with van der Waals surface area (Å²) in [7, 11) is 0. The summed E-state index contributed by atoms with van der Waals surface area (Å²) >= 11 is 0. The number of pyridine rings is 1. The number of hydrogen-bond acceptors (Lipinski definition) is 2. The largest absolute Gasteiger partial charge is 0.262 e. The highest BCUT2D eigenvalue weighted by Gasteiger charge is 2.10. The monoisotopic (exact) mass is 189 g/mol. The lowest BCUT2D eigenvalue weighted by atomic mass is 10.1. The molecule has 0 bridgehead atoms. The lowest BCUT2D eigenvalue weighted by Gasteiger charge is -1.96. The second-order valence-electron chi connectivity index (χ2n) is 2.96. The molecular formula is C10H8FN3. The Labute approximate surface area is 80.6 Å². The molecule has 4 heteroatoms. The predicted molar refractivity (Wildman–Crippen MR) is 51.3 cm³/mol. The van der Waals surface area contributed by atoms with E-state index in [4.69, 9.17) is 6.42 Å². The van der Waals surface area contributed by atoms with Crippen LogP contribution in [0.15, 0.2) is 12.4 Å². The molecule has 0 aliphatic heterocycles. The van der Waals surface area contributed by atoms with E-state index in [-0.39, 0.29) is 0 Å². The van der Waals surface area contributed by atoms with E-state index >= 15 is 0 Å². The molecule has 3 nitrogen and oxygen atoms in total. The van der Waals surface area contributed by atoms with Gasteiger partial charge in [-0.2, -0.15) is 5.10 Å². The summed E-state index contributed by atoms with van der Waals surface area (Å²) in [4.78, 5) is 3.97. The van der Waals surface area contributed by atoms with Crippen LogP contribution in [0, 0.1) is 19.3 Å². The zero-order valence-electron chi connectivity index (χ0n) is 7.66. The van der Waals surface area contributed by atoms with E-state index in [0.29, 0.717) is 11.2 Å². The molecule has 0 unspecified atom stereocenters. The lowest BCUT2D eigenvalue weighted by molar-refractivity contribution is 0.358. The molecule has 0 spiro atoms. The fourth-order valence-electron chi connectivity index (χ4n) is 1.47. The SMILES string of the molecule is C#Cc1nn(CF)c2cncc(C)c12. The van der Waals surface area contributed by atoms with E-state index in [2.05, 4.69) is 16.0 Å². The van der Waals surface area contributed by atoms with E-state index in [1.165, 1.54) is 4.68 Å². The average molecular weight is 189 g/mol. The van der Waals surface area contributed by atoms with Crippen LogP contribution in [-0.2, 0) is 6.80 Å². The van der Waals surface area contributed by atoms with Crippen molar-refractivity contribution in [3.63, 3.8) is 0 Å². The first kappa shape index (κ1) is 8.70. The van der Waals surface area contributed by atoms with Gasteiger partial charge in [-0.25, -0.2) is 9.07 Å². The summed E-state index contributed by atoms with van der Waals surface area (Å²) < 4.78 is 13.8. The Bertz CT molecular complexity index is 522. The Morgan fingerprint density at radius 1 is 1.57 bits per heavy atom. The molecule has 2 rings (SSSR count). The van der Waals surface area contributed by atoms with E-state index in [1.807, 2.05) is 6.92 Å². The zero-order chi connectivity index (χ0) is 10.1. The number of terminal acetylenes is 1. The number of fused-ring (bicyclic) bond motifs is 1. The standard InChI is InChI=1S/C10H8FN3/c1-3-8-10-7(2)4-12-5-9(10)14(6-11)13-8/h1,4-5H,6H2,2H3. The van der Waals surface area contributed by atoms with Crippen LogP contribution in [0.2, 0.25) is 0 Å². The number of hydrogen-bond donors (Lipinski definition) is 0. The molecule has 2 aromatic heterocycles. The van der Waals surface area contributed by atoms with Crippen LogP contribution in [0.25, 0.3) is 10.9 Å². The third-order valence-corrected chi connectivity index (χ3v) is 2.10. The number of alkyl halides is 1. The van der Waals surface area contributed by atoms with Crippen LogP contribution in [0.4, 0.5) is 4.39 Å². The summed E-state index contributed by atoms with van der Waals surface area (Å²) in [5.74, 6) is 2.44. The Balaban J connectivity index is 2.91. The Morgan fingerprint density at radius 3 is 3.00 bits per heavy atom. The van der Waals surface area contributed by atoms with Crippen LogP contribution in [0.3, 0.4) is 0 Å². The Morgan fingerprint density at radius 2 is 2.36 bits per heavy atom. The highest BCUT2D eigenvalue weighted by atomic mass is 19.1. The molecule has 0 fully saturated rings. The molecule has 2 aromatic rings. The second-order valence-corrected chi connectivity index (χ2v) is 2.96. The van der Waals surface area contributed by atoms with E-state index < -0.39 is 6.80 Å². The van der Waals surface area contributed by atoms with Crippen LogP contribution in [0.1, 0.15) is 11.3 Å². The highest BCUT2D eigenvalue weighted by Crippen LogP contribution is 2.20. The molecule has 2 heterocycles. The van der Waals surface area contributed by atoms with Gasteiger partial charge in [0.05, 0.1) is 11.7 Å². The lowest BCUT2D eigenvalue weighted by Crippen LogP contribution is -1.95. The van der Waals surface area contributed by atoms with Crippen LogP contribution in [-0.4, -0.2) is 14.8 Å². The van der Waals surface area contributed by atoms with Crippen LogP contribution >= 0.6 is 0 Å². The third-order valence-electron chi connectivity index (χ3n) is 2.10. The van der Waals surface area contributed by atoms with Gasteiger partial charge in [0.15, 0.2) is 6.80 Å². The van der Waals surface area contributed by atoms with Crippen LogP contribution < -0.4 is 0 Å². The average Bonchev–Trinajstić information content (AvgIpc) is 2.57. The maximum absolute atomic E-state index is 12.5. The van der Waals surface area contributed by atoms with Crippen molar-refractivity contribution < 1.29 is 4.39 Å². The van der Waals surface area contributed by atoms with E-state index in [0.717, 1.165) is 10.9 Å². The van der Waals surface area contributed by atoms with Crippen molar-refractivity contribution in [2.24, 2.45) is 0 Å². The zero-order valence-corrected chi connectivity index (χ0v) is 7.66. The summed E-state index contributed by atoms with van der Waals surface area (Å²) in [6.45, 7) is 1.18. The molecule has 0 amide bonds. The summed E-state index contributed by atoms with van der Waals surface area (Å²) in [6, 6.07) is 0. The van der Waals surface area contributed by atoms with Crippen molar-refractivity contribution >= 4 is 10.9 Å². The van der Waals surface area contributed by atoms with Crippen molar-refractivity contribution in [2.45, 2.75) is 13.7 Å². The predicted octanol–water partition coefficient (Wildman–Crippen LogP) is 1.65. The minimum Gasteiger partial charge on any atom is -0.262 e. The smallest absolute Gasteiger partial charge is 0.182 e. The number of aromatic nitrogens is 3. The normalized spacial score (nSPS) is 10.4. The molecule has 0 saturated carbocycles. The van der Waals surface area contributed by atoms with Crippen molar-refractivity contribution in [3.8, 4) is 12.3 Å². The Kier molecular flexibility index (Phi) is 1.93. The summed E-state index contributed by atoms with van der Waals surface area (Å²) in [6.07, 6.45) is 8.54. The Hall–Kier alpha value is -1.89. The van der Waals surface area contributed by atoms with Crippen molar-refractivity contribution in [1.82, 2.24) is 14.8 Å².